The molecule has 3 rings (SSSR count). The number of carbonyl (C=O) groups is 2. The molecule has 1 aliphatic carbocycles. The predicted molar refractivity (Wildman–Crippen MR) is 74.7 cm³/mol. The van der Waals surface area contributed by atoms with Crippen molar-refractivity contribution in [1.29, 1.82) is 0 Å². The zero-order valence-electron chi connectivity index (χ0n) is 11.0. The van der Waals surface area contributed by atoms with Crippen LogP contribution < -0.4 is 0 Å². The van der Waals surface area contributed by atoms with Gasteiger partial charge in [0.1, 0.15) is 6.04 Å². The van der Waals surface area contributed by atoms with Crippen LogP contribution >= 0.6 is 11.6 Å². The van der Waals surface area contributed by atoms with Crippen LogP contribution in [0.15, 0.2) is 24.3 Å². The maximum Gasteiger partial charge on any atom is 0.326 e. The van der Waals surface area contributed by atoms with Crippen molar-refractivity contribution in [1.82, 2.24) is 4.90 Å². The molecule has 106 valence electrons. The van der Waals surface area contributed by atoms with Crippen molar-refractivity contribution in [3.63, 3.8) is 0 Å². The van der Waals surface area contributed by atoms with Gasteiger partial charge in [-0.25, -0.2) is 4.79 Å². The average Bonchev–Trinajstić information content (AvgIpc) is 3.05. The summed E-state index contributed by atoms with van der Waals surface area (Å²) in [5.74, 6) is -0.883. The smallest absolute Gasteiger partial charge is 0.326 e. The molecule has 0 unspecified atom stereocenters. The van der Waals surface area contributed by atoms with Gasteiger partial charge >= 0.3 is 5.97 Å². The van der Waals surface area contributed by atoms with E-state index < -0.39 is 12.0 Å². The number of hydrogen-bond acceptors (Lipinski definition) is 2. The van der Waals surface area contributed by atoms with Crippen molar-refractivity contribution < 1.29 is 14.7 Å². The van der Waals surface area contributed by atoms with Crippen LogP contribution in [0.3, 0.4) is 0 Å². The molecule has 1 heterocycles. The minimum atomic E-state index is -0.897. The van der Waals surface area contributed by atoms with Crippen LogP contribution in [0, 0.1) is 5.92 Å². The second-order valence-corrected chi connectivity index (χ2v) is 5.91. The van der Waals surface area contributed by atoms with Crippen LogP contribution in [-0.2, 0) is 9.59 Å². The monoisotopic (exact) mass is 293 g/mol. The van der Waals surface area contributed by atoms with Crippen molar-refractivity contribution in [2.75, 3.05) is 6.54 Å². The van der Waals surface area contributed by atoms with Gasteiger partial charge in [0.25, 0.3) is 0 Å². The van der Waals surface area contributed by atoms with Gasteiger partial charge in [-0.15, -0.1) is 0 Å². The standard InChI is InChI=1S/C15H16ClNO3/c16-12-5-2-1-4-9(12)10-8-11(10)14(18)17-7-3-6-13(17)15(19)20/h1-2,4-5,10-11,13H,3,6-8H2,(H,19,20)/t10-,11+,13-/m0/s1. The first-order valence-electron chi connectivity index (χ1n) is 6.87. The molecular weight excluding hydrogens is 278 g/mol. The number of nitrogens with zero attached hydrogens (tertiary/aromatic N) is 1. The molecular formula is C15H16ClNO3. The fourth-order valence-corrected chi connectivity index (χ4v) is 3.36. The summed E-state index contributed by atoms with van der Waals surface area (Å²) < 4.78 is 0. The van der Waals surface area contributed by atoms with Crippen molar-refractivity contribution >= 4 is 23.5 Å². The molecule has 20 heavy (non-hydrogen) atoms. The summed E-state index contributed by atoms with van der Waals surface area (Å²) in [7, 11) is 0. The van der Waals surface area contributed by atoms with E-state index >= 15 is 0 Å². The number of carboxylic acids is 1. The van der Waals surface area contributed by atoms with Gasteiger partial charge in [0.15, 0.2) is 0 Å². The molecule has 0 radical (unpaired) electrons. The third-order valence-electron chi connectivity index (χ3n) is 4.23. The van der Waals surface area contributed by atoms with Crippen LogP contribution in [0.25, 0.3) is 0 Å². The highest BCUT2D eigenvalue weighted by Crippen LogP contribution is 2.50. The van der Waals surface area contributed by atoms with E-state index in [0.29, 0.717) is 18.0 Å². The highest BCUT2D eigenvalue weighted by molar-refractivity contribution is 6.31. The number of carbonyl (C=O) groups excluding carboxylic acids is 1. The van der Waals surface area contributed by atoms with Gasteiger partial charge in [-0.1, -0.05) is 29.8 Å². The van der Waals surface area contributed by atoms with Crippen LogP contribution in [0.1, 0.15) is 30.7 Å². The summed E-state index contributed by atoms with van der Waals surface area (Å²) >= 11 is 6.15. The number of aliphatic carboxylic acids is 1. The Balaban J connectivity index is 1.72. The third kappa shape index (κ3) is 2.29. The maximum atomic E-state index is 12.4. The first kappa shape index (κ1) is 13.4. The Kier molecular flexibility index (Phi) is 3.42. The molecule has 1 aromatic carbocycles. The summed E-state index contributed by atoms with van der Waals surface area (Å²) in [6.07, 6.45) is 2.10. The molecule has 1 N–H and O–H groups in total. The van der Waals surface area contributed by atoms with E-state index in [-0.39, 0.29) is 17.7 Å². The fourth-order valence-electron chi connectivity index (χ4n) is 3.09. The minimum absolute atomic E-state index is 0.0279. The Morgan fingerprint density at radius 2 is 2.05 bits per heavy atom. The Labute approximate surface area is 122 Å². The molecule has 2 fully saturated rings. The van der Waals surface area contributed by atoms with Gasteiger partial charge in [0.2, 0.25) is 5.91 Å². The predicted octanol–water partition coefficient (Wildman–Crippen LogP) is 2.52. The van der Waals surface area contributed by atoms with Gasteiger partial charge in [-0.3, -0.25) is 4.79 Å². The maximum absolute atomic E-state index is 12.4. The lowest BCUT2D eigenvalue weighted by atomic mass is 10.1. The topological polar surface area (TPSA) is 57.6 Å². The molecule has 1 saturated heterocycles. The lowest BCUT2D eigenvalue weighted by Crippen LogP contribution is -2.41. The summed E-state index contributed by atoms with van der Waals surface area (Å²) in [4.78, 5) is 25.1. The van der Waals surface area contributed by atoms with E-state index in [9.17, 15) is 9.59 Å². The highest BCUT2D eigenvalue weighted by atomic mass is 35.5. The number of hydrogen-bond donors (Lipinski definition) is 1. The number of likely N-dealkylation sites (tertiary alicyclic amines) is 1. The second-order valence-electron chi connectivity index (χ2n) is 5.50. The Hall–Kier alpha value is -1.55. The SMILES string of the molecule is O=C(O)[C@@H]1CCCN1C(=O)[C@@H]1C[C@H]1c1ccccc1Cl. The number of rotatable bonds is 3. The number of benzene rings is 1. The molecule has 0 spiro atoms. The average molecular weight is 294 g/mol. The third-order valence-corrected chi connectivity index (χ3v) is 4.58. The molecule has 4 nitrogen and oxygen atoms in total. The number of carboxylic acid groups (broad SMARTS) is 1. The lowest BCUT2D eigenvalue weighted by Gasteiger charge is -2.21. The van der Waals surface area contributed by atoms with Crippen LogP contribution in [0.5, 0.6) is 0 Å². The molecule has 1 aliphatic heterocycles. The molecule has 0 bridgehead atoms. The first-order valence-corrected chi connectivity index (χ1v) is 7.25. The van der Waals surface area contributed by atoms with E-state index in [2.05, 4.69) is 0 Å². The summed E-state index contributed by atoms with van der Waals surface area (Å²) in [5.41, 5.74) is 0.999. The number of amides is 1. The van der Waals surface area contributed by atoms with Gasteiger partial charge < -0.3 is 10.0 Å². The normalized spacial score (nSPS) is 28.4. The largest absolute Gasteiger partial charge is 0.480 e. The number of halogens is 1. The van der Waals surface area contributed by atoms with E-state index in [1.807, 2.05) is 24.3 Å². The Bertz CT molecular complexity index is 560. The molecule has 1 aromatic rings. The Morgan fingerprint density at radius 3 is 2.75 bits per heavy atom. The summed E-state index contributed by atoms with van der Waals surface area (Å²) in [6, 6.07) is 6.91. The fraction of sp³-hybridized carbons (Fsp3) is 0.467. The molecule has 2 aliphatic rings. The molecule has 1 saturated carbocycles. The van der Waals surface area contributed by atoms with Crippen molar-refractivity contribution in [3.8, 4) is 0 Å². The molecule has 5 heteroatoms. The van der Waals surface area contributed by atoms with E-state index in [4.69, 9.17) is 16.7 Å². The lowest BCUT2D eigenvalue weighted by molar-refractivity contribution is -0.148. The van der Waals surface area contributed by atoms with Crippen molar-refractivity contribution in [3.05, 3.63) is 34.9 Å². The Morgan fingerprint density at radius 1 is 1.30 bits per heavy atom. The van der Waals surface area contributed by atoms with Crippen molar-refractivity contribution in [2.45, 2.75) is 31.2 Å². The van der Waals surface area contributed by atoms with Gasteiger partial charge in [0, 0.05) is 17.5 Å². The summed E-state index contributed by atoms with van der Waals surface area (Å²) in [6.45, 7) is 0.557. The molecule has 0 aromatic heterocycles. The van der Waals surface area contributed by atoms with Crippen molar-refractivity contribution in [2.24, 2.45) is 5.92 Å². The molecule has 3 atom stereocenters. The van der Waals surface area contributed by atoms with E-state index in [1.165, 1.54) is 4.90 Å². The van der Waals surface area contributed by atoms with Gasteiger partial charge in [-0.05, 0) is 36.8 Å². The van der Waals surface area contributed by atoms with Gasteiger partial charge in [0.05, 0.1) is 0 Å². The molecule has 1 amide bonds. The zero-order chi connectivity index (χ0) is 14.3. The van der Waals surface area contributed by atoms with Gasteiger partial charge in [-0.2, -0.15) is 0 Å². The highest BCUT2D eigenvalue weighted by Gasteiger charge is 2.49. The van der Waals surface area contributed by atoms with Crippen LogP contribution in [0.4, 0.5) is 0 Å². The van der Waals surface area contributed by atoms with Crippen LogP contribution in [0.2, 0.25) is 5.02 Å². The quantitative estimate of drug-likeness (QED) is 0.931. The van der Waals surface area contributed by atoms with Crippen LogP contribution in [-0.4, -0.2) is 34.5 Å². The second kappa shape index (κ2) is 5.09. The van der Waals surface area contributed by atoms with E-state index in [0.717, 1.165) is 18.4 Å². The zero-order valence-corrected chi connectivity index (χ0v) is 11.7. The summed E-state index contributed by atoms with van der Waals surface area (Å²) in [5, 5.41) is 9.83. The minimum Gasteiger partial charge on any atom is -0.480 e. The van der Waals surface area contributed by atoms with E-state index in [1.54, 1.807) is 0 Å². The first-order chi connectivity index (χ1) is 9.59.